The molecule has 3 amide bonds. The summed E-state index contributed by atoms with van der Waals surface area (Å²) in [7, 11) is 1.86. The Morgan fingerprint density at radius 1 is 0.969 bits per heavy atom. The van der Waals surface area contributed by atoms with Crippen LogP contribution in [0, 0.1) is 0 Å². The Bertz CT molecular complexity index is 979. The van der Waals surface area contributed by atoms with Crippen molar-refractivity contribution in [3.8, 4) is 0 Å². The molecule has 2 aromatic rings. The van der Waals surface area contributed by atoms with Crippen LogP contribution in [0.5, 0.6) is 0 Å². The second-order valence-corrected chi connectivity index (χ2v) is 8.58. The monoisotopic (exact) mass is 437 g/mol. The summed E-state index contributed by atoms with van der Waals surface area (Å²) in [6, 6.07) is 9.69. The maximum atomic E-state index is 13.1. The van der Waals surface area contributed by atoms with Crippen LogP contribution >= 0.6 is 0 Å². The highest BCUT2D eigenvalue weighted by Gasteiger charge is 2.31. The van der Waals surface area contributed by atoms with Crippen LogP contribution < -0.4 is 5.32 Å². The molecule has 8 nitrogen and oxygen atoms in total. The first-order valence-corrected chi connectivity index (χ1v) is 11.5. The van der Waals surface area contributed by atoms with Gasteiger partial charge >= 0.3 is 0 Å². The predicted molar refractivity (Wildman–Crippen MR) is 120 cm³/mol. The van der Waals surface area contributed by atoms with Gasteiger partial charge < -0.3 is 15.1 Å². The fourth-order valence-corrected chi connectivity index (χ4v) is 4.49. The van der Waals surface area contributed by atoms with E-state index in [4.69, 9.17) is 0 Å². The molecule has 0 unspecified atom stereocenters. The number of aromatic nitrogens is 2. The first kappa shape index (κ1) is 22.0. The summed E-state index contributed by atoms with van der Waals surface area (Å²) < 4.78 is 1.78. The van der Waals surface area contributed by atoms with Crippen molar-refractivity contribution >= 4 is 17.7 Å². The van der Waals surface area contributed by atoms with E-state index in [1.165, 1.54) is 0 Å². The molecule has 170 valence electrons. The van der Waals surface area contributed by atoms with Gasteiger partial charge in [0.2, 0.25) is 11.8 Å². The van der Waals surface area contributed by atoms with Gasteiger partial charge in [0.15, 0.2) is 5.69 Å². The largest absolute Gasteiger partial charge is 0.352 e. The molecule has 0 saturated carbocycles. The van der Waals surface area contributed by atoms with Crippen molar-refractivity contribution in [3.05, 3.63) is 52.8 Å². The van der Waals surface area contributed by atoms with Gasteiger partial charge in [-0.3, -0.25) is 19.1 Å². The highest BCUT2D eigenvalue weighted by atomic mass is 16.2. The maximum absolute atomic E-state index is 13.1. The minimum absolute atomic E-state index is 0.0314. The molecule has 32 heavy (non-hydrogen) atoms. The Kier molecular flexibility index (Phi) is 6.87. The summed E-state index contributed by atoms with van der Waals surface area (Å²) in [6.45, 7) is 2.95. The van der Waals surface area contributed by atoms with Gasteiger partial charge in [-0.15, -0.1) is 0 Å². The Morgan fingerprint density at radius 2 is 1.72 bits per heavy atom. The molecule has 4 rings (SSSR count). The fraction of sp³-hybridized carbons (Fsp3) is 0.500. The van der Waals surface area contributed by atoms with E-state index in [1.54, 1.807) is 9.58 Å². The summed E-state index contributed by atoms with van der Waals surface area (Å²) in [5.41, 5.74) is 3.38. The molecule has 1 saturated heterocycles. The Balaban J connectivity index is 1.33. The van der Waals surface area contributed by atoms with Gasteiger partial charge in [-0.05, 0) is 24.8 Å². The molecular weight excluding hydrogens is 406 g/mol. The molecule has 0 radical (unpaired) electrons. The maximum Gasteiger partial charge on any atom is 0.274 e. The van der Waals surface area contributed by atoms with Crippen LogP contribution in [0.2, 0.25) is 0 Å². The lowest BCUT2D eigenvalue weighted by atomic mass is 10.0. The number of piperidine rings is 1. The molecule has 0 spiro atoms. The van der Waals surface area contributed by atoms with Gasteiger partial charge in [0, 0.05) is 70.3 Å². The minimum Gasteiger partial charge on any atom is -0.352 e. The molecule has 2 aliphatic rings. The van der Waals surface area contributed by atoms with Crippen LogP contribution in [0.25, 0.3) is 0 Å². The predicted octanol–water partition coefficient (Wildman–Crippen LogP) is 2.03. The molecule has 8 heteroatoms. The van der Waals surface area contributed by atoms with Crippen molar-refractivity contribution in [2.75, 3.05) is 19.6 Å². The summed E-state index contributed by atoms with van der Waals surface area (Å²) >= 11 is 0. The van der Waals surface area contributed by atoms with Gasteiger partial charge in [0.25, 0.3) is 5.91 Å². The third kappa shape index (κ3) is 5.00. The third-order valence-corrected chi connectivity index (χ3v) is 6.34. The molecule has 1 fully saturated rings. The van der Waals surface area contributed by atoms with Crippen molar-refractivity contribution in [1.82, 2.24) is 24.9 Å². The van der Waals surface area contributed by atoms with Crippen LogP contribution in [-0.4, -0.2) is 56.9 Å². The first-order chi connectivity index (χ1) is 15.5. The van der Waals surface area contributed by atoms with Gasteiger partial charge in [0.1, 0.15) is 0 Å². The summed E-state index contributed by atoms with van der Waals surface area (Å²) in [5, 5.41) is 7.38. The van der Waals surface area contributed by atoms with Gasteiger partial charge in [-0.25, -0.2) is 0 Å². The molecule has 0 atom stereocenters. The van der Waals surface area contributed by atoms with Crippen LogP contribution in [-0.2, 0) is 36.1 Å². The second-order valence-electron chi connectivity index (χ2n) is 8.58. The van der Waals surface area contributed by atoms with Crippen molar-refractivity contribution in [2.45, 2.75) is 51.6 Å². The van der Waals surface area contributed by atoms with Gasteiger partial charge in [-0.1, -0.05) is 30.3 Å². The van der Waals surface area contributed by atoms with E-state index >= 15 is 0 Å². The number of benzene rings is 1. The zero-order chi connectivity index (χ0) is 22.5. The average Bonchev–Trinajstić information content (AvgIpc) is 3.17. The molecule has 1 aromatic heterocycles. The number of rotatable bonds is 6. The fourth-order valence-electron chi connectivity index (χ4n) is 4.49. The lowest BCUT2D eigenvalue weighted by molar-refractivity contribution is -0.134. The smallest absolute Gasteiger partial charge is 0.274 e. The number of carbonyl (C=O) groups is 3. The number of likely N-dealkylation sites (tertiary alicyclic amines) is 1. The zero-order valence-electron chi connectivity index (χ0n) is 18.7. The number of hydrogen-bond acceptors (Lipinski definition) is 4. The first-order valence-electron chi connectivity index (χ1n) is 11.5. The summed E-state index contributed by atoms with van der Waals surface area (Å²) in [5.74, 6) is -0.232. The van der Waals surface area contributed by atoms with E-state index in [9.17, 15) is 14.4 Å². The number of amides is 3. The third-order valence-electron chi connectivity index (χ3n) is 6.34. The van der Waals surface area contributed by atoms with Gasteiger partial charge in [-0.2, -0.15) is 5.10 Å². The van der Waals surface area contributed by atoms with Crippen LogP contribution in [0.4, 0.5) is 0 Å². The SMILES string of the molecule is Cn1nc(C(=O)N2CCCCC2)c2c1CCN(C(=O)CCC(=O)NCc1ccccc1)C2. The quantitative estimate of drug-likeness (QED) is 0.749. The summed E-state index contributed by atoms with van der Waals surface area (Å²) in [6.07, 6.45) is 4.19. The lowest BCUT2D eigenvalue weighted by Gasteiger charge is -2.29. The number of aryl methyl sites for hydroxylation is 1. The van der Waals surface area contributed by atoms with Crippen LogP contribution in [0.3, 0.4) is 0 Å². The van der Waals surface area contributed by atoms with E-state index in [-0.39, 0.29) is 30.6 Å². The van der Waals surface area contributed by atoms with E-state index in [1.807, 2.05) is 42.3 Å². The van der Waals surface area contributed by atoms with Crippen LogP contribution in [0.1, 0.15) is 59.4 Å². The molecular formula is C24H31N5O3. The van der Waals surface area contributed by atoms with Gasteiger partial charge in [0.05, 0.1) is 0 Å². The summed E-state index contributed by atoms with van der Waals surface area (Å²) in [4.78, 5) is 41.7. The second kappa shape index (κ2) is 9.97. The number of hydrogen-bond donors (Lipinski definition) is 1. The molecule has 0 bridgehead atoms. The van der Waals surface area contributed by atoms with E-state index < -0.39 is 0 Å². The van der Waals surface area contributed by atoms with Crippen molar-refractivity contribution in [1.29, 1.82) is 0 Å². The standard InChI is InChI=1S/C24H31N5O3/c1-27-20-12-15-29(17-19(20)23(26-27)24(32)28-13-6-3-7-14-28)22(31)11-10-21(30)25-16-18-8-4-2-5-9-18/h2,4-5,8-9H,3,6-7,10-17H2,1H3,(H,25,30). The van der Waals surface area contributed by atoms with E-state index in [0.29, 0.717) is 31.7 Å². The lowest BCUT2D eigenvalue weighted by Crippen LogP contribution is -2.39. The number of fused-ring (bicyclic) bond motifs is 1. The Morgan fingerprint density at radius 3 is 2.47 bits per heavy atom. The van der Waals surface area contributed by atoms with E-state index in [2.05, 4.69) is 10.4 Å². The highest BCUT2D eigenvalue weighted by Crippen LogP contribution is 2.25. The Hall–Kier alpha value is -3.16. The van der Waals surface area contributed by atoms with Crippen LogP contribution in [0.15, 0.2) is 30.3 Å². The molecule has 1 N–H and O–H groups in total. The number of carbonyl (C=O) groups excluding carboxylic acids is 3. The van der Waals surface area contributed by atoms with Crippen molar-refractivity contribution < 1.29 is 14.4 Å². The number of nitrogens with zero attached hydrogens (tertiary/aromatic N) is 4. The molecule has 1 aromatic carbocycles. The molecule has 2 aliphatic heterocycles. The Labute approximate surface area is 188 Å². The zero-order valence-corrected chi connectivity index (χ0v) is 18.7. The minimum atomic E-state index is -0.137. The normalized spacial score (nSPS) is 15.9. The molecule has 0 aliphatic carbocycles. The molecule has 3 heterocycles. The van der Waals surface area contributed by atoms with E-state index in [0.717, 1.165) is 49.2 Å². The van der Waals surface area contributed by atoms with Crippen molar-refractivity contribution in [3.63, 3.8) is 0 Å². The topological polar surface area (TPSA) is 87.5 Å². The highest BCUT2D eigenvalue weighted by molar-refractivity contribution is 5.94. The number of nitrogens with one attached hydrogen (secondary N) is 1. The van der Waals surface area contributed by atoms with Crippen molar-refractivity contribution in [2.24, 2.45) is 7.05 Å². The average molecular weight is 438 g/mol.